The molecule has 4 rings (SSSR count). The number of ether oxygens (including phenoxy) is 4. The average molecular weight is 537 g/mol. The van der Waals surface area contributed by atoms with Crippen molar-refractivity contribution in [2.24, 2.45) is 4.99 Å². The van der Waals surface area contributed by atoms with Gasteiger partial charge in [0, 0.05) is 6.92 Å². The number of aromatic nitrogens is 1. The van der Waals surface area contributed by atoms with Gasteiger partial charge < -0.3 is 18.9 Å². The molecule has 0 fully saturated rings. The van der Waals surface area contributed by atoms with Crippen molar-refractivity contribution in [3.63, 3.8) is 0 Å². The average Bonchev–Trinajstić information content (AvgIpc) is 3.17. The van der Waals surface area contributed by atoms with Crippen molar-refractivity contribution in [1.82, 2.24) is 4.57 Å². The Balaban J connectivity index is 1.88. The van der Waals surface area contributed by atoms with Crippen molar-refractivity contribution >= 4 is 29.4 Å². The Bertz CT molecular complexity index is 1600. The van der Waals surface area contributed by atoms with Crippen LogP contribution in [0.4, 0.5) is 0 Å². The molecule has 1 atom stereocenters. The van der Waals surface area contributed by atoms with Gasteiger partial charge in [0.05, 0.1) is 42.2 Å². The summed E-state index contributed by atoms with van der Waals surface area (Å²) >= 11 is 1.21. The lowest BCUT2D eigenvalue weighted by Crippen LogP contribution is -2.40. The van der Waals surface area contributed by atoms with E-state index in [9.17, 15) is 14.4 Å². The fraction of sp³-hybridized carbons (Fsp3) is 0.286. The third kappa shape index (κ3) is 5.40. The zero-order valence-electron chi connectivity index (χ0n) is 21.9. The zero-order chi connectivity index (χ0) is 27.6. The van der Waals surface area contributed by atoms with E-state index in [0.717, 1.165) is 5.56 Å². The van der Waals surface area contributed by atoms with Crippen LogP contribution in [0, 0.1) is 0 Å². The maximum atomic E-state index is 13.8. The van der Waals surface area contributed by atoms with Crippen LogP contribution in [-0.4, -0.2) is 36.8 Å². The molecule has 0 bridgehead atoms. The number of carbonyl (C=O) groups excluding carboxylic acids is 2. The van der Waals surface area contributed by atoms with Crippen molar-refractivity contribution in [2.75, 3.05) is 14.2 Å². The molecule has 1 aliphatic rings. The van der Waals surface area contributed by atoms with Gasteiger partial charge in [0.25, 0.3) is 5.56 Å². The van der Waals surface area contributed by atoms with Gasteiger partial charge in [0.1, 0.15) is 5.75 Å². The minimum absolute atomic E-state index is 0.280. The van der Waals surface area contributed by atoms with E-state index < -0.39 is 18.0 Å². The quantitative estimate of drug-likeness (QED) is 0.337. The fourth-order valence-corrected chi connectivity index (χ4v) is 5.17. The summed E-state index contributed by atoms with van der Waals surface area (Å²) in [6.07, 6.45) is 1.37. The number of benzene rings is 2. The maximum Gasteiger partial charge on any atom is 0.338 e. The van der Waals surface area contributed by atoms with E-state index in [4.69, 9.17) is 18.9 Å². The number of methoxy groups -OCH3 is 2. The van der Waals surface area contributed by atoms with E-state index in [2.05, 4.69) is 4.99 Å². The van der Waals surface area contributed by atoms with E-state index in [1.165, 1.54) is 29.9 Å². The van der Waals surface area contributed by atoms with E-state index in [1.54, 1.807) is 64.3 Å². The third-order valence-corrected chi connectivity index (χ3v) is 6.74. The summed E-state index contributed by atoms with van der Waals surface area (Å²) in [7, 11) is 3.04. The smallest absolute Gasteiger partial charge is 0.338 e. The van der Waals surface area contributed by atoms with Gasteiger partial charge in [-0.2, -0.15) is 0 Å². The molecule has 0 amide bonds. The summed E-state index contributed by atoms with van der Waals surface area (Å²) in [4.78, 5) is 43.4. The van der Waals surface area contributed by atoms with Crippen LogP contribution in [0.25, 0.3) is 6.08 Å². The molecule has 38 heavy (non-hydrogen) atoms. The normalized spacial score (nSPS) is 15.1. The SMILES string of the molecule is COc1ccc([C@@H]2C(C(=O)OC(C)C)=C(C)N=c3s/c(=C\c4ccc(OC(C)=O)c(OC)c4)c(=O)n32)cc1. The Kier molecular flexibility index (Phi) is 7.82. The molecule has 9 nitrogen and oxygen atoms in total. The lowest BCUT2D eigenvalue weighted by molar-refractivity contribution is -0.143. The van der Waals surface area contributed by atoms with Crippen LogP contribution in [0.1, 0.15) is 44.9 Å². The second kappa shape index (κ2) is 11.1. The highest BCUT2D eigenvalue weighted by atomic mass is 32.1. The molecule has 2 heterocycles. The van der Waals surface area contributed by atoms with E-state index in [0.29, 0.717) is 37.7 Å². The van der Waals surface area contributed by atoms with Crippen molar-refractivity contribution in [3.8, 4) is 17.2 Å². The molecule has 3 aromatic rings. The predicted molar refractivity (Wildman–Crippen MR) is 142 cm³/mol. The summed E-state index contributed by atoms with van der Waals surface area (Å²) in [6.45, 7) is 6.59. The number of hydrogen-bond donors (Lipinski definition) is 0. The number of fused-ring (bicyclic) bond motifs is 1. The zero-order valence-corrected chi connectivity index (χ0v) is 22.8. The monoisotopic (exact) mass is 536 g/mol. The van der Waals surface area contributed by atoms with Gasteiger partial charge in [0.15, 0.2) is 16.3 Å². The third-order valence-electron chi connectivity index (χ3n) is 5.76. The van der Waals surface area contributed by atoms with E-state index in [1.807, 2.05) is 12.1 Å². The van der Waals surface area contributed by atoms with Gasteiger partial charge in [-0.3, -0.25) is 14.2 Å². The van der Waals surface area contributed by atoms with Crippen molar-refractivity contribution < 1.29 is 28.5 Å². The Morgan fingerprint density at radius 1 is 1.05 bits per heavy atom. The summed E-state index contributed by atoms with van der Waals surface area (Å²) in [5, 5.41) is 0. The molecule has 0 radical (unpaired) electrons. The first-order valence-corrected chi connectivity index (χ1v) is 12.7. The van der Waals surface area contributed by atoms with Gasteiger partial charge in [-0.05, 0) is 62.2 Å². The van der Waals surface area contributed by atoms with Gasteiger partial charge in [-0.15, -0.1) is 0 Å². The highest BCUT2D eigenvalue weighted by molar-refractivity contribution is 7.07. The minimum Gasteiger partial charge on any atom is -0.497 e. The predicted octanol–water partition coefficient (Wildman–Crippen LogP) is 3.13. The van der Waals surface area contributed by atoms with Gasteiger partial charge >= 0.3 is 11.9 Å². The molecule has 0 aliphatic carbocycles. The van der Waals surface area contributed by atoms with Gasteiger partial charge in [-0.25, -0.2) is 9.79 Å². The standard InChI is InChI=1S/C28H28N2O7S/c1-15(2)36-27(33)24-16(3)29-28-30(25(24)19-8-10-20(34-5)11-9-19)26(32)23(38-28)14-18-7-12-21(37-17(4)31)22(13-18)35-6/h7-15,25H,1-6H3/b23-14-/t25-/m1/s1. The first kappa shape index (κ1) is 26.9. The molecule has 0 saturated carbocycles. The molecule has 0 spiro atoms. The molecule has 0 unspecified atom stereocenters. The first-order valence-electron chi connectivity index (χ1n) is 11.9. The summed E-state index contributed by atoms with van der Waals surface area (Å²) < 4.78 is 23.3. The number of thiazole rings is 1. The molecule has 198 valence electrons. The number of hydrogen-bond acceptors (Lipinski definition) is 9. The van der Waals surface area contributed by atoms with Gasteiger partial charge in [0.2, 0.25) is 0 Å². The van der Waals surface area contributed by atoms with Gasteiger partial charge in [-0.1, -0.05) is 29.5 Å². The van der Waals surface area contributed by atoms with E-state index in [-0.39, 0.29) is 17.4 Å². The first-order chi connectivity index (χ1) is 18.1. The maximum absolute atomic E-state index is 13.8. The highest BCUT2D eigenvalue weighted by Crippen LogP contribution is 2.32. The molecule has 0 saturated heterocycles. The van der Waals surface area contributed by atoms with Crippen LogP contribution in [-0.2, 0) is 14.3 Å². The summed E-state index contributed by atoms with van der Waals surface area (Å²) in [5.74, 6) is 0.293. The number of rotatable bonds is 7. The Labute approximate surface area is 223 Å². The van der Waals surface area contributed by atoms with Crippen LogP contribution in [0.3, 0.4) is 0 Å². The van der Waals surface area contributed by atoms with Crippen LogP contribution in [0.5, 0.6) is 17.2 Å². The summed E-state index contributed by atoms with van der Waals surface area (Å²) in [6, 6.07) is 11.5. The topological polar surface area (TPSA) is 105 Å². The number of nitrogens with zero attached hydrogens (tertiary/aromatic N) is 2. The molecule has 1 aromatic heterocycles. The molecule has 0 N–H and O–H groups in total. The molecular weight excluding hydrogens is 508 g/mol. The Hall–Kier alpha value is -4.18. The number of esters is 2. The second-order valence-electron chi connectivity index (χ2n) is 8.81. The van der Waals surface area contributed by atoms with Crippen LogP contribution in [0.2, 0.25) is 0 Å². The highest BCUT2D eigenvalue weighted by Gasteiger charge is 2.33. The largest absolute Gasteiger partial charge is 0.497 e. The fourth-order valence-electron chi connectivity index (χ4n) is 4.13. The second-order valence-corrected chi connectivity index (χ2v) is 9.82. The van der Waals surface area contributed by atoms with Crippen molar-refractivity contribution in [2.45, 2.75) is 39.8 Å². The summed E-state index contributed by atoms with van der Waals surface area (Å²) in [5.41, 5.74) is 1.86. The molecule has 1 aliphatic heterocycles. The number of carbonyl (C=O) groups is 2. The lowest BCUT2D eigenvalue weighted by atomic mass is 9.96. The Morgan fingerprint density at radius 2 is 1.76 bits per heavy atom. The number of allylic oxidation sites excluding steroid dienone is 1. The van der Waals surface area contributed by atoms with Crippen LogP contribution >= 0.6 is 11.3 Å². The minimum atomic E-state index is -0.730. The molecule has 2 aromatic carbocycles. The van der Waals surface area contributed by atoms with E-state index >= 15 is 0 Å². The van der Waals surface area contributed by atoms with Crippen LogP contribution < -0.4 is 29.1 Å². The lowest BCUT2D eigenvalue weighted by Gasteiger charge is -2.25. The van der Waals surface area contributed by atoms with Crippen LogP contribution in [0.15, 0.2) is 63.5 Å². The Morgan fingerprint density at radius 3 is 2.37 bits per heavy atom. The van der Waals surface area contributed by atoms with Crippen molar-refractivity contribution in [3.05, 3.63) is 84.5 Å². The van der Waals surface area contributed by atoms with Crippen molar-refractivity contribution in [1.29, 1.82) is 0 Å². The molecular formula is C28H28N2O7S. The molecule has 10 heteroatoms.